The van der Waals surface area contributed by atoms with Crippen molar-refractivity contribution in [3.8, 4) is 0 Å². The van der Waals surface area contributed by atoms with E-state index in [1.165, 1.54) is 0 Å². The lowest BCUT2D eigenvalue weighted by atomic mass is 10.2. The fraction of sp³-hybridized carbons (Fsp3) is 0.375. The Kier molecular flexibility index (Phi) is 6.36. The molecular weight excluding hydrogens is 326 g/mol. The number of nitrogens with one attached hydrogen (secondary N) is 2. The van der Waals surface area contributed by atoms with E-state index in [0.29, 0.717) is 10.9 Å². The maximum atomic E-state index is 12.0. The molecule has 1 heterocycles. The molecule has 0 saturated heterocycles. The third kappa shape index (κ3) is 4.82. The Morgan fingerprint density at radius 1 is 1.21 bits per heavy atom. The van der Waals surface area contributed by atoms with E-state index in [4.69, 9.17) is 0 Å². The van der Waals surface area contributed by atoms with Gasteiger partial charge in [-0.25, -0.2) is 0 Å². The average Bonchev–Trinajstić information content (AvgIpc) is 2.58. The molecule has 2 rings (SSSR count). The number of benzene rings is 1. The largest absolute Gasteiger partial charge is 0.372 e. The fourth-order valence-electron chi connectivity index (χ4n) is 2.12. The molecule has 2 aromatic rings. The zero-order chi connectivity index (χ0) is 17.5. The summed E-state index contributed by atoms with van der Waals surface area (Å²) in [6, 6.07) is 7.73. The molecule has 0 atom stereocenters. The molecule has 1 aromatic heterocycles. The van der Waals surface area contributed by atoms with Gasteiger partial charge >= 0.3 is 0 Å². The molecule has 2 N–H and O–H groups in total. The van der Waals surface area contributed by atoms with Gasteiger partial charge in [0.1, 0.15) is 5.69 Å². The normalized spacial score (nSPS) is 10.5. The summed E-state index contributed by atoms with van der Waals surface area (Å²) in [4.78, 5) is 28.2. The molecule has 24 heavy (non-hydrogen) atoms. The Bertz CT molecular complexity index is 741. The third-order valence-electron chi connectivity index (χ3n) is 3.46. The smallest absolute Gasteiger partial charge is 0.273 e. The number of aromatic nitrogens is 3. The van der Waals surface area contributed by atoms with Gasteiger partial charge in [0, 0.05) is 24.5 Å². The van der Waals surface area contributed by atoms with Crippen molar-refractivity contribution in [2.24, 2.45) is 0 Å². The highest BCUT2D eigenvalue weighted by Gasteiger charge is 2.07. The van der Waals surface area contributed by atoms with E-state index in [-0.39, 0.29) is 17.2 Å². The second kappa shape index (κ2) is 8.49. The van der Waals surface area contributed by atoms with Crippen LogP contribution in [0.2, 0.25) is 0 Å². The molecule has 0 saturated carbocycles. The van der Waals surface area contributed by atoms with E-state index >= 15 is 0 Å². The van der Waals surface area contributed by atoms with Gasteiger partial charge in [0.2, 0.25) is 5.91 Å². The Labute approximate surface area is 144 Å². The van der Waals surface area contributed by atoms with Crippen LogP contribution in [0, 0.1) is 6.92 Å². The van der Waals surface area contributed by atoms with Crippen LogP contribution < -0.4 is 15.8 Å². The molecule has 0 aliphatic carbocycles. The van der Waals surface area contributed by atoms with Crippen LogP contribution in [-0.4, -0.2) is 39.9 Å². The lowest BCUT2D eigenvalue weighted by molar-refractivity contribution is -0.113. The summed E-state index contributed by atoms with van der Waals surface area (Å²) in [6.07, 6.45) is 0. The van der Waals surface area contributed by atoms with Gasteiger partial charge in [-0.3, -0.25) is 14.6 Å². The SMILES string of the molecule is CCN(CC)c1ccc(NC(=O)CSc2nnc(C)c(=O)[nH]2)cc1. The summed E-state index contributed by atoms with van der Waals surface area (Å²) in [5.74, 6) is -0.0234. The molecule has 128 valence electrons. The van der Waals surface area contributed by atoms with Crippen LogP contribution in [0.4, 0.5) is 11.4 Å². The van der Waals surface area contributed by atoms with Gasteiger partial charge < -0.3 is 10.2 Å². The standard InChI is InChI=1S/C16H21N5O2S/c1-4-21(5-2)13-8-6-12(7-9-13)17-14(22)10-24-16-18-15(23)11(3)19-20-16/h6-9H,4-5,10H2,1-3H3,(H,17,22)(H,18,20,23). The van der Waals surface area contributed by atoms with Crippen molar-refractivity contribution < 1.29 is 4.79 Å². The molecule has 0 aliphatic rings. The van der Waals surface area contributed by atoms with Gasteiger partial charge in [0.25, 0.3) is 5.56 Å². The molecule has 0 spiro atoms. The number of carbonyl (C=O) groups is 1. The van der Waals surface area contributed by atoms with E-state index in [9.17, 15) is 9.59 Å². The summed E-state index contributed by atoms with van der Waals surface area (Å²) in [5.41, 5.74) is 1.87. The number of anilines is 2. The Balaban J connectivity index is 1.90. The van der Waals surface area contributed by atoms with Crippen LogP contribution >= 0.6 is 11.8 Å². The maximum Gasteiger partial charge on any atom is 0.273 e. The molecule has 1 aromatic carbocycles. The molecule has 0 unspecified atom stereocenters. The summed E-state index contributed by atoms with van der Waals surface area (Å²) in [5, 5.41) is 10.7. The van der Waals surface area contributed by atoms with Crippen LogP contribution in [0.5, 0.6) is 0 Å². The first-order valence-electron chi connectivity index (χ1n) is 7.74. The number of H-pyrrole nitrogens is 1. The van der Waals surface area contributed by atoms with Crippen LogP contribution in [-0.2, 0) is 4.79 Å². The van der Waals surface area contributed by atoms with Crippen molar-refractivity contribution in [2.45, 2.75) is 25.9 Å². The van der Waals surface area contributed by atoms with Gasteiger partial charge in [0.05, 0.1) is 5.75 Å². The minimum absolute atomic E-state index is 0.144. The predicted molar refractivity (Wildman–Crippen MR) is 96.7 cm³/mol. The minimum Gasteiger partial charge on any atom is -0.372 e. The van der Waals surface area contributed by atoms with Gasteiger partial charge in [-0.1, -0.05) is 11.8 Å². The molecule has 8 heteroatoms. The zero-order valence-electron chi connectivity index (χ0n) is 14.0. The van der Waals surface area contributed by atoms with E-state index in [1.807, 2.05) is 24.3 Å². The molecule has 0 aliphatic heterocycles. The highest BCUT2D eigenvalue weighted by atomic mass is 32.2. The predicted octanol–water partition coefficient (Wildman–Crippen LogP) is 2.05. The van der Waals surface area contributed by atoms with Crippen molar-refractivity contribution in [1.82, 2.24) is 15.2 Å². The fourth-order valence-corrected chi connectivity index (χ4v) is 2.72. The van der Waals surface area contributed by atoms with Crippen LogP contribution in [0.15, 0.2) is 34.2 Å². The number of aryl methyl sites for hydroxylation is 1. The molecule has 0 fully saturated rings. The molecule has 1 amide bonds. The summed E-state index contributed by atoms with van der Waals surface area (Å²) in [7, 11) is 0. The van der Waals surface area contributed by atoms with Crippen molar-refractivity contribution in [3.63, 3.8) is 0 Å². The monoisotopic (exact) mass is 347 g/mol. The Hall–Kier alpha value is -2.35. The summed E-state index contributed by atoms with van der Waals surface area (Å²) >= 11 is 1.14. The highest BCUT2D eigenvalue weighted by Crippen LogP contribution is 2.18. The van der Waals surface area contributed by atoms with E-state index in [2.05, 4.69) is 39.2 Å². The first kappa shape index (κ1) is 18.0. The number of amides is 1. The first-order chi connectivity index (χ1) is 11.5. The summed E-state index contributed by atoms with van der Waals surface area (Å²) < 4.78 is 0. The molecule has 0 radical (unpaired) electrons. The third-order valence-corrected chi connectivity index (χ3v) is 4.32. The Morgan fingerprint density at radius 2 is 1.88 bits per heavy atom. The van der Waals surface area contributed by atoms with Crippen LogP contribution in [0.25, 0.3) is 0 Å². The van der Waals surface area contributed by atoms with Gasteiger partial charge in [0.15, 0.2) is 5.16 Å². The first-order valence-corrected chi connectivity index (χ1v) is 8.73. The topological polar surface area (TPSA) is 91.0 Å². The number of nitrogens with zero attached hydrogens (tertiary/aromatic N) is 3. The van der Waals surface area contributed by atoms with Crippen molar-refractivity contribution in [2.75, 3.05) is 29.1 Å². The van der Waals surface area contributed by atoms with Gasteiger partial charge in [-0.05, 0) is 45.0 Å². The van der Waals surface area contributed by atoms with Crippen molar-refractivity contribution in [1.29, 1.82) is 0 Å². The second-order valence-electron chi connectivity index (χ2n) is 5.10. The molecule has 0 bridgehead atoms. The number of hydrogen-bond donors (Lipinski definition) is 2. The highest BCUT2D eigenvalue weighted by molar-refractivity contribution is 7.99. The zero-order valence-corrected chi connectivity index (χ0v) is 14.8. The van der Waals surface area contributed by atoms with Crippen molar-refractivity contribution in [3.05, 3.63) is 40.3 Å². The lowest BCUT2D eigenvalue weighted by Gasteiger charge is -2.21. The maximum absolute atomic E-state index is 12.0. The number of rotatable bonds is 7. The summed E-state index contributed by atoms with van der Waals surface area (Å²) in [6.45, 7) is 7.67. The number of aromatic amines is 1. The van der Waals surface area contributed by atoms with E-state index < -0.39 is 0 Å². The van der Waals surface area contributed by atoms with Crippen LogP contribution in [0.1, 0.15) is 19.5 Å². The number of thioether (sulfide) groups is 1. The van der Waals surface area contributed by atoms with E-state index in [1.54, 1.807) is 6.92 Å². The molecule has 7 nitrogen and oxygen atoms in total. The van der Waals surface area contributed by atoms with Crippen molar-refractivity contribution >= 4 is 29.0 Å². The number of hydrogen-bond acceptors (Lipinski definition) is 6. The quantitative estimate of drug-likeness (QED) is 0.745. The number of carbonyl (C=O) groups excluding carboxylic acids is 1. The van der Waals surface area contributed by atoms with E-state index in [0.717, 1.165) is 36.2 Å². The second-order valence-corrected chi connectivity index (χ2v) is 6.06. The lowest BCUT2D eigenvalue weighted by Crippen LogP contribution is -2.21. The molecular formula is C16H21N5O2S. The minimum atomic E-state index is -0.292. The Morgan fingerprint density at radius 3 is 2.46 bits per heavy atom. The van der Waals surface area contributed by atoms with Crippen LogP contribution in [0.3, 0.4) is 0 Å². The van der Waals surface area contributed by atoms with Gasteiger partial charge in [-0.2, -0.15) is 0 Å². The average molecular weight is 347 g/mol. The van der Waals surface area contributed by atoms with Gasteiger partial charge in [-0.15, -0.1) is 10.2 Å².